The third-order valence-electron chi connectivity index (χ3n) is 4.60. The molecule has 5 heteroatoms. The fourth-order valence-electron chi connectivity index (χ4n) is 3.47. The Morgan fingerprint density at radius 3 is 2.04 bits per heavy atom. The van der Waals surface area contributed by atoms with Crippen LogP contribution in [0.4, 0.5) is 5.69 Å². The van der Waals surface area contributed by atoms with E-state index in [9.17, 15) is 0 Å². The third kappa shape index (κ3) is 3.15. The van der Waals surface area contributed by atoms with Gasteiger partial charge in [-0.3, -0.25) is 0 Å². The van der Waals surface area contributed by atoms with Crippen molar-refractivity contribution in [1.82, 2.24) is 0 Å². The fraction of sp³-hybridized carbons (Fsp3) is 0.632. The molecule has 1 aliphatic heterocycles. The zero-order valence-corrected chi connectivity index (χ0v) is 18.0. The van der Waals surface area contributed by atoms with Gasteiger partial charge in [0, 0.05) is 35.2 Å². The lowest BCUT2D eigenvalue weighted by Crippen LogP contribution is -2.34. The van der Waals surface area contributed by atoms with Gasteiger partial charge < -0.3 is 9.42 Å². The van der Waals surface area contributed by atoms with Crippen molar-refractivity contribution >= 4 is 30.2 Å². The van der Waals surface area contributed by atoms with Crippen molar-refractivity contribution in [2.24, 2.45) is 4.74 Å². The molecule has 0 aromatic heterocycles. The summed E-state index contributed by atoms with van der Waals surface area (Å²) in [6.45, 7) is 19.6. The molecule has 1 aromatic carbocycles. The highest BCUT2D eigenvalue weighted by Crippen LogP contribution is 2.71. The van der Waals surface area contributed by atoms with Crippen LogP contribution in [0, 0.1) is 0 Å². The summed E-state index contributed by atoms with van der Waals surface area (Å²) in [7, 11) is -2.15. The van der Waals surface area contributed by atoms with E-state index in [4.69, 9.17) is 21.5 Å². The van der Waals surface area contributed by atoms with Crippen LogP contribution in [0.1, 0.15) is 61.0 Å². The first-order chi connectivity index (χ1) is 11.0. The molecule has 1 heterocycles. The van der Waals surface area contributed by atoms with E-state index < -0.39 is 7.28 Å². The molecule has 1 aromatic rings. The predicted molar refractivity (Wildman–Crippen MR) is 111 cm³/mol. The van der Waals surface area contributed by atoms with Crippen molar-refractivity contribution in [2.45, 2.75) is 65.7 Å². The molecule has 0 radical (unpaired) electrons. The quantitative estimate of drug-likeness (QED) is 0.462. The van der Waals surface area contributed by atoms with Crippen molar-refractivity contribution in [3.05, 3.63) is 23.8 Å². The van der Waals surface area contributed by atoms with E-state index in [0.29, 0.717) is 4.99 Å². The average Bonchev–Trinajstić information content (AvgIpc) is 2.45. The molecule has 134 valence electrons. The largest absolute Gasteiger partial charge is 0.458 e. The van der Waals surface area contributed by atoms with Crippen molar-refractivity contribution in [3.8, 4) is 5.75 Å². The minimum absolute atomic E-state index is 0.0712. The first-order valence-corrected chi connectivity index (χ1v) is 10.8. The van der Waals surface area contributed by atoms with Gasteiger partial charge in [-0.05, 0) is 26.0 Å². The summed E-state index contributed by atoms with van der Waals surface area (Å²) >= 11 is 5.68. The fourth-order valence-corrected chi connectivity index (χ4v) is 7.99. The first-order valence-electron chi connectivity index (χ1n) is 8.72. The Morgan fingerprint density at radius 1 is 1.04 bits per heavy atom. The molecule has 0 aliphatic carbocycles. The summed E-state index contributed by atoms with van der Waals surface area (Å²) in [6, 6.07) is 6.33. The first kappa shape index (κ1) is 19.5. The number of hydrogen-bond acceptors (Lipinski definition) is 3. The second kappa shape index (κ2) is 6.46. The van der Waals surface area contributed by atoms with Gasteiger partial charge in [-0.1, -0.05) is 53.8 Å². The van der Waals surface area contributed by atoms with Crippen LogP contribution in [0.25, 0.3) is 0 Å². The summed E-state index contributed by atoms with van der Waals surface area (Å²) in [6.07, 6.45) is 0. The maximum absolute atomic E-state index is 6.73. The van der Waals surface area contributed by atoms with E-state index in [-0.39, 0.29) is 10.3 Å². The zero-order valence-electron chi connectivity index (χ0n) is 16.3. The van der Waals surface area contributed by atoms with Crippen LogP contribution in [0.3, 0.4) is 0 Å². The van der Waals surface area contributed by atoms with Crippen LogP contribution in [-0.2, 0) is 0 Å². The van der Waals surface area contributed by atoms with Crippen LogP contribution in [0.15, 0.2) is 22.9 Å². The molecule has 0 saturated heterocycles. The molecule has 2 rings (SSSR count). The van der Waals surface area contributed by atoms with Gasteiger partial charge in [0.05, 0.1) is 5.56 Å². The summed E-state index contributed by atoms with van der Waals surface area (Å²) < 4.78 is 11.7. The van der Waals surface area contributed by atoms with Gasteiger partial charge >= 0.3 is 0 Å². The molecule has 24 heavy (non-hydrogen) atoms. The van der Waals surface area contributed by atoms with E-state index in [2.05, 4.69) is 78.5 Å². The van der Waals surface area contributed by atoms with Crippen LogP contribution < -0.4 is 9.42 Å². The minimum atomic E-state index is -2.15. The molecule has 0 fully saturated rings. The summed E-state index contributed by atoms with van der Waals surface area (Å²) in [5, 5.41) is -0.142. The molecule has 0 unspecified atom stereocenters. The van der Waals surface area contributed by atoms with Crippen LogP contribution in [0.5, 0.6) is 5.75 Å². The van der Waals surface area contributed by atoms with Gasteiger partial charge in [-0.25, -0.2) is 4.74 Å². The maximum Gasteiger partial charge on any atom is 0.150 e. The van der Waals surface area contributed by atoms with Gasteiger partial charge in [-0.2, -0.15) is 0 Å². The summed E-state index contributed by atoms with van der Waals surface area (Å²) in [5.74, 6) is 0.901. The van der Waals surface area contributed by atoms with Gasteiger partial charge in [-0.15, -0.1) is 0 Å². The lowest BCUT2D eigenvalue weighted by Gasteiger charge is -2.47. The molecular formula is C19H31N2OPS. The molecule has 0 bridgehead atoms. The molecule has 0 saturated carbocycles. The number of nitrogens with zero attached hydrogens (tertiary/aromatic N) is 2. The second-order valence-electron chi connectivity index (χ2n) is 8.27. The highest BCUT2D eigenvalue weighted by Gasteiger charge is 2.48. The molecule has 0 N–H and O–H groups in total. The molecule has 0 spiro atoms. The Hall–Kier alpha value is -0.860. The Bertz CT molecular complexity index is 676. The van der Waals surface area contributed by atoms with Gasteiger partial charge in [0.2, 0.25) is 0 Å². The average molecular weight is 367 g/mol. The number of benzene rings is 1. The van der Waals surface area contributed by atoms with Crippen LogP contribution in [0.2, 0.25) is 0 Å². The zero-order chi connectivity index (χ0) is 18.3. The Kier molecular flexibility index (Phi) is 5.24. The lowest BCUT2D eigenvalue weighted by molar-refractivity contribution is 0.515. The third-order valence-corrected chi connectivity index (χ3v) is 9.63. The smallest absolute Gasteiger partial charge is 0.150 e. The number of rotatable bonds is 3. The van der Waals surface area contributed by atoms with Crippen molar-refractivity contribution in [2.75, 3.05) is 18.0 Å². The van der Waals surface area contributed by atoms with E-state index in [1.807, 2.05) is 0 Å². The van der Waals surface area contributed by atoms with Gasteiger partial charge in [0.15, 0.2) is 0 Å². The molecule has 0 amide bonds. The summed E-state index contributed by atoms with van der Waals surface area (Å²) in [4.78, 5) is 3.02. The molecular weight excluding hydrogens is 335 g/mol. The highest BCUT2D eigenvalue weighted by molar-refractivity contribution is 7.81. The number of hydrogen-bond donors (Lipinski definition) is 0. The lowest BCUT2D eigenvalue weighted by atomic mass is 10.1. The SMILES string of the molecule is CCN(CC)c1ccc2c(c1)OP(C(C)(C)C)(C(C)(C)C)=NC2=S. The van der Waals surface area contributed by atoms with Crippen molar-refractivity contribution < 1.29 is 4.52 Å². The van der Waals surface area contributed by atoms with Crippen LogP contribution in [-0.4, -0.2) is 28.4 Å². The van der Waals surface area contributed by atoms with Crippen LogP contribution >= 0.6 is 19.5 Å². The van der Waals surface area contributed by atoms with Crippen molar-refractivity contribution in [3.63, 3.8) is 0 Å². The topological polar surface area (TPSA) is 24.8 Å². The standard InChI is InChI=1S/C19H31N2OPS/c1-9-21(10-2)14-11-12-15-16(13-14)22-23(18(3,4)5,19(6,7)8)20-17(15)24/h11-13H,9-10H2,1-8H3. The highest BCUT2D eigenvalue weighted by atomic mass is 32.1. The number of fused-ring (bicyclic) bond motifs is 1. The Balaban J connectivity index is 2.64. The van der Waals surface area contributed by atoms with Crippen molar-refractivity contribution in [1.29, 1.82) is 0 Å². The van der Waals surface area contributed by atoms with Gasteiger partial charge in [0.1, 0.15) is 18.0 Å². The van der Waals surface area contributed by atoms with E-state index in [0.717, 1.165) is 24.4 Å². The number of anilines is 1. The van der Waals surface area contributed by atoms with Gasteiger partial charge in [0.25, 0.3) is 0 Å². The van der Waals surface area contributed by atoms with E-state index in [1.54, 1.807) is 0 Å². The van der Waals surface area contributed by atoms with E-state index >= 15 is 0 Å². The monoisotopic (exact) mass is 366 g/mol. The summed E-state index contributed by atoms with van der Waals surface area (Å²) in [5.41, 5.74) is 2.13. The predicted octanol–water partition coefficient (Wildman–Crippen LogP) is 6.31. The minimum Gasteiger partial charge on any atom is -0.458 e. The molecule has 1 aliphatic rings. The Labute approximate surface area is 152 Å². The second-order valence-corrected chi connectivity index (χ2v) is 12.9. The number of thiocarbonyl (C=S) groups is 1. The molecule has 0 atom stereocenters. The normalized spacial score (nSPS) is 16.9. The van der Waals surface area contributed by atoms with E-state index in [1.165, 1.54) is 5.69 Å². The molecule has 3 nitrogen and oxygen atoms in total. The maximum atomic E-state index is 6.73. The Morgan fingerprint density at radius 2 is 1.58 bits per heavy atom.